The molecule has 1 heterocycles. The minimum atomic E-state index is 0.0473. The number of fused-ring (bicyclic) bond motifs is 1. The summed E-state index contributed by atoms with van der Waals surface area (Å²) in [4.78, 5) is 4.49. The molecule has 2 aromatic rings. The predicted molar refractivity (Wildman–Crippen MR) is 85.5 cm³/mol. The summed E-state index contributed by atoms with van der Waals surface area (Å²) in [5, 5.41) is 1.42. The van der Waals surface area contributed by atoms with E-state index in [9.17, 15) is 0 Å². The number of anilines is 1. The van der Waals surface area contributed by atoms with Crippen molar-refractivity contribution in [2.45, 2.75) is 12.7 Å². The lowest BCUT2D eigenvalue weighted by molar-refractivity contribution is 0.221. The SMILES string of the molecule is CN1Cc2ccccc2N(C)C1c1c(Cl)cccc1Cl. The van der Waals surface area contributed by atoms with Gasteiger partial charge in [-0.25, -0.2) is 0 Å². The van der Waals surface area contributed by atoms with Gasteiger partial charge in [0.15, 0.2) is 0 Å². The summed E-state index contributed by atoms with van der Waals surface area (Å²) >= 11 is 12.8. The Balaban J connectivity index is 2.11. The van der Waals surface area contributed by atoms with Crippen LogP contribution in [0.25, 0.3) is 0 Å². The Hall–Kier alpha value is -1.22. The number of hydrogen-bond acceptors (Lipinski definition) is 2. The van der Waals surface area contributed by atoms with E-state index in [4.69, 9.17) is 23.2 Å². The minimum absolute atomic E-state index is 0.0473. The highest BCUT2D eigenvalue weighted by Gasteiger charge is 2.31. The number of benzene rings is 2. The van der Waals surface area contributed by atoms with Gasteiger partial charge in [-0.1, -0.05) is 47.5 Å². The van der Waals surface area contributed by atoms with Crippen LogP contribution in [-0.2, 0) is 6.54 Å². The molecule has 20 heavy (non-hydrogen) atoms. The van der Waals surface area contributed by atoms with Crippen LogP contribution in [0.5, 0.6) is 0 Å². The monoisotopic (exact) mass is 306 g/mol. The molecule has 4 heteroatoms. The fourth-order valence-corrected chi connectivity index (χ4v) is 3.54. The number of halogens is 2. The molecule has 0 spiro atoms. The maximum atomic E-state index is 6.38. The number of nitrogens with zero attached hydrogens (tertiary/aromatic N) is 2. The van der Waals surface area contributed by atoms with Crippen LogP contribution in [0.1, 0.15) is 17.3 Å². The topological polar surface area (TPSA) is 6.48 Å². The summed E-state index contributed by atoms with van der Waals surface area (Å²) in [6, 6.07) is 14.1. The largest absolute Gasteiger partial charge is 0.354 e. The second-order valence-electron chi connectivity index (χ2n) is 5.16. The molecule has 0 bridgehead atoms. The van der Waals surface area contributed by atoms with Gasteiger partial charge in [0.25, 0.3) is 0 Å². The van der Waals surface area contributed by atoms with Crippen LogP contribution in [0.15, 0.2) is 42.5 Å². The van der Waals surface area contributed by atoms with Crippen LogP contribution < -0.4 is 4.90 Å². The van der Waals surface area contributed by atoms with Gasteiger partial charge in [0.05, 0.1) is 0 Å². The number of rotatable bonds is 1. The first-order chi connectivity index (χ1) is 9.59. The summed E-state index contributed by atoms with van der Waals surface area (Å²) in [6.07, 6.45) is 0.0473. The lowest BCUT2D eigenvalue weighted by atomic mass is 10.0. The van der Waals surface area contributed by atoms with Crippen LogP contribution >= 0.6 is 23.2 Å². The Labute approximate surface area is 129 Å². The van der Waals surface area contributed by atoms with Gasteiger partial charge in [-0.15, -0.1) is 0 Å². The Bertz CT molecular complexity index is 622. The van der Waals surface area contributed by atoms with Crippen molar-refractivity contribution in [1.29, 1.82) is 0 Å². The lowest BCUT2D eigenvalue weighted by Crippen LogP contribution is -2.41. The number of para-hydroxylation sites is 1. The summed E-state index contributed by atoms with van der Waals surface area (Å²) in [5.41, 5.74) is 3.51. The molecular weight excluding hydrogens is 291 g/mol. The summed E-state index contributed by atoms with van der Waals surface area (Å²) in [7, 11) is 4.18. The summed E-state index contributed by atoms with van der Waals surface area (Å²) in [6.45, 7) is 0.882. The first kappa shape index (κ1) is 13.7. The smallest absolute Gasteiger partial charge is 0.111 e. The van der Waals surface area contributed by atoms with E-state index in [1.165, 1.54) is 11.3 Å². The highest BCUT2D eigenvalue weighted by molar-refractivity contribution is 6.36. The molecule has 2 nitrogen and oxygen atoms in total. The fourth-order valence-electron chi connectivity index (χ4n) is 2.94. The van der Waals surface area contributed by atoms with Crippen molar-refractivity contribution in [3.8, 4) is 0 Å². The van der Waals surface area contributed by atoms with E-state index in [1.54, 1.807) is 0 Å². The molecule has 0 fully saturated rings. The molecule has 2 aromatic carbocycles. The first-order valence-electron chi connectivity index (χ1n) is 6.54. The molecule has 0 saturated carbocycles. The van der Waals surface area contributed by atoms with E-state index in [0.717, 1.165) is 12.1 Å². The second-order valence-corrected chi connectivity index (χ2v) is 5.98. The molecule has 0 aromatic heterocycles. The highest BCUT2D eigenvalue weighted by atomic mass is 35.5. The number of hydrogen-bond donors (Lipinski definition) is 0. The quantitative estimate of drug-likeness (QED) is 0.761. The van der Waals surface area contributed by atoms with Crippen LogP contribution in [0.2, 0.25) is 10.0 Å². The molecule has 1 atom stereocenters. The third-order valence-electron chi connectivity index (χ3n) is 3.83. The van der Waals surface area contributed by atoms with Crippen molar-refractivity contribution in [1.82, 2.24) is 4.90 Å². The van der Waals surface area contributed by atoms with E-state index in [2.05, 4.69) is 48.2 Å². The van der Waals surface area contributed by atoms with E-state index < -0.39 is 0 Å². The molecule has 0 saturated heterocycles. The van der Waals surface area contributed by atoms with E-state index in [0.29, 0.717) is 10.0 Å². The Morgan fingerprint density at radius 3 is 2.30 bits per heavy atom. The second kappa shape index (κ2) is 5.28. The Kier molecular flexibility index (Phi) is 3.63. The van der Waals surface area contributed by atoms with Crippen molar-refractivity contribution in [3.63, 3.8) is 0 Å². The Morgan fingerprint density at radius 2 is 1.60 bits per heavy atom. The average Bonchev–Trinajstić information content (AvgIpc) is 2.42. The van der Waals surface area contributed by atoms with Gasteiger partial charge in [0, 0.05) is 34.9 Å². The van der Waals surface area contributed by atoms with Gasteiger partial charge in [0.1, 0.15) is 6.17 Å². The molecule has 0 radical (unpaired) electrons. The molecule has 104 valence electrons. The summed E-state index contributed by atoms with van der Waals surface area (Å²) < 4.78 is 0. The van der Waals surface area contributed by atoms with Crippen molar-refractivity contribution in [3.05, 3.63) is 63.6 Å². The molecule has 1 aliphatic heterocycles. The standard InChI is InChI=1S/C16H16Cl2N2/c1-19-10-11-6-3-4-9-14(11)20(2)16(19)15-12(17)7-5-8-13(15)18/h3-9,16H,10H2,1-2H3. The van der Waals surface area contributed by atoms with Gasteiger partial charge in [-0.2, -0.15) is 0 Å². The van der Waals surface area contributed by atoms with Crippen LogP contribution in [-0.4, -0.2) is 19.0 Å². The fraction of sp³-hybridized carbons (Fsp3) is 0.250. The third-order valence-corrected chi connectivity index (χ3v) is 4.49. The maximum Gasteiger partial charge on any atom is 0.111 e. The molecule has 0 N–H and O–H groups in total. The van der Waals surface area contributed by atoms with E-state index >= 15 is 0 Å². The van der Waals surface area contributed by atoms with Crippen LogP contribution in [0.3, 0.4) is 0 Å². The van der Waals surface area contributed by atoms with Crippen molar-refractivity contribution < 1.29 is 0 Å². The van der Waals surface area contributed by atoms with Gasteiger partial charge in [-0.3, -0.25) is 4.90 Å². The van der Waals surface area contributed by atoms with Gasteiger partial charge < -0.3 is 4.90 Å². The Morgan fingerprint density at radius 1 is 0.950 bits per heavy atom. The van der Waals surface area contributed by atoms with Gasteiger partial charge >= 0.3 is 0 Å². The van der Waals surface area contributed by atoms with Crippen molar-refractivity contribution in [2.75, 3.05) is 19.0 Å². The molecular formula is C16H16Cl2N2. The molecule has 0 aliphatic carbocycles. The first-order valence-corrected chi connectivity index (χ1v) is 7.30. The minimum Gasteiger partial charge on any atom is -0.354 e. The van der Waals surface area contributed by atoms with Gasteiger partial charge in [-0.05, 0) is 30.8 Å². The zero-order valence-corrected chi connectivity index (χ0v) is 13.0. The van der Waals surface area contributed by atoms with E-state index in [1.807, 2.05) is 18.2 Å². The maximum absolute atomic E-state index is 6.38. The van der Waals surface area contributed by atoms with Crippen molar-refractivity contribution in [2.24, 2.45) is 0 Å². The van der Waals surface area contributed by atoms with Gasteiger partial charge in [0.2, 0.25) is 0 Å². The molecule has 0 amide bonds. The average molecular weight is 307 g/mol. The highest BCUT2D eigenvalue weighted by Crippen LogP contribution is 2.41. The predicted octanol–water partition coefficient (Wildman–Crippen LogP) is 4.57. The van der Waals surface area contributed by atoms with Crippen LogP contribution in [0.4, 0.5) is 5.69 Å². The van der Waals surface area contributed by atoms with Crippen molar-refractivity contribution >= 4 is 28.9 Å². The lowest BCUT2D eigenvalue weighted by Gasteiger charge is -2.43. The van der Waals surface area contributed by atoms with E-state index in [-0.39, 0.29) is 6.17 Å². The molecule has 1 unspecified atom stereocenters. The zero-order valence-electron chi connectivity index (χ0n) is 11.5. The summed E-state index contributed by atoms with van der Waals surface area (Å²) in [5.74, 6) is 0. The zero-order chi connectivity index (χ0) is 14.3. The molecule has 3 rings (SSSR count). The van der Waals surface area contributed by atoms with Crippen LogP contribution in [0, 0.1) is 0 Å². The molecule has 1 aliphatic rings. The normalized spacial score (nSPS) is 19.0. The third kappa shape index (κ3) is 2.18.